The van der Waals surface area contributed by atoms with Crippen molar-refractivity contribution in [2.75, 3.05) is 4.90 Å². The second-order valence-corrected chi connectivity index (χ2v) is 12.3. The second kappa shape index (κ2) is 10.1. The molecule has 0 unspecified atom stereocenters. The molecule has 0 fully saturated rings. The van der Waals surface area contributed by atoms with Gasteiger partial charge in [-0.25, -0.2) is 0 Å². The summed E-state index contributed by atoms with van der Waals surface area (Å²) < 4.78 is 0. The molecule has 0 spiro atoms. The molecule has 0 radical (unpaired) electrons. The molecule has 7 rings (SSSR count). The van der Waals surface area contributed by atoms with Gasteiger partial charge in [0.15, 0.2) is 0 Å². The maximum absolute atomic E-state index is 2.37. The number of hydrogen-bond acceptors (Lipinski definition) is 1. The molecule has 200 valence electrons. The van der Waals surface area contributed by atoms with Gasteiger partial charge in [0.2, 0.25) is 0 Å². The number of fused-ring (bicyclic) bond motifs is 2. The third-order valence-corrected chi connectivity index (χ3v) is 8.52. The van der Waals surface area contributed by atoms with Gasteiger partial charge in [0.1, 0.15) is 0 Å². The monoisotopic (exact) mass is 529 g/mol. The van der Waals surface area contributed by atoms with Crippen LogP contribution < -0.4 is 4.90 Å². The first kappa shape index (κ1) is 25.4. The van der Waals surface area contributed by atoms with Gasteiger partial charge in [0, 0.05) is 17.1 Å². The van der Waals surface area contributed by atoms with E-state index in [1.54, 1.807) is 0 Å². The third-order valence-electron chi connectivity index (χ3n) is 8.52. The summed E-state index contributed by atoms with van der Waals surface area (Å²) in [7, 11) is 0. The van der Waals surface area contributed by atoms with Crippen LogP contribution >= 0.6 is 0 Å². The first-order valence-corrected chi connectivity index (χ1v) is 14.6. The van der Waals surface area contributed by atoms with E-state index in [0.29, 0.717) is 0 Å². The van der Waals surface area contributed by atoms with Gasteiger partial charge in [-0.2, -0.15) is 0 Å². The summed E-state index contributed by atoms with van der Waals surface area (Å²) in [6.45, 7) is 6.80. The SMILES string of the molecule is CC(C)(C)c1ccc(N(c2ccc(C3=Cc4ccccc4C3)cc2)c2ccc(C3=Cc4ccccc4C3)cc2)cc1. The fraction of sp³-hybridized carbons (Fsp3) is 0.150. The van der Waals surface area contributed by atoms with Crippen LogP contribution in [0.1, 0.15) is 59.7 Å². The minimum atomic E-state index is 0.117. The van der Waals surface area contributed by atoms with Crippen LogP contribution in [0.2, 0.25) is 0 Å². The minimum Gasteiger partial charge on any atom is -0.311 e. The van der Waals surface area contributed by atoms with Gasteiger partial charge in [-0.3, -0.25) is 0 Å². The summed E-state index contributed by atoms with van der Waals surface area (Å²) in [6, 6.07) is 44.6. The smallest absolute Gasteiger partial charge is 0.0462 e. The van der Waals surface area contributed by atoms with E-state index < -0.39 is 0 Å². The molecule has 5 aromatic rings. The molecule has 0 saturated carbocycles. The molecule has 0 aliphatic heterocycles. The Labute approximate surface area is 244 Å². The Morgan fingerprint density at radius 2 is 0.854 bits per heavy atom. The largest absolute Gasteiger partial charge is 0.311 e. The summed E-state index contributed by atoms with van der Waals surface area (Å²) in [4.78, 5) is 2.37. The van der Waals surface area contributed by atoms with E-state index in [1.807, 2.05) is 0 Å². The van der Waals surface area contributed by atoms with Crippen LogP contribution in [0.15, 0.2) is 121 Å². The van der Waals surface area contributed by atoms with Gasteiger partial charge in [0.25, 0.3) is 0 Å². The molecule has 5 aromatic carbocycles. The summed E-state index contributed by atoms with van der Waals surface area (Å²) in [6.07, 6.45) is 6.66. The molecule has 0 bridgehead atoms. The predicted molar refractivity (Wildman–Crippen MR) is 176 cm³/mol. The molecule has 0 N–H and O–H groups in total. The Kier molecular flexibility index (Phi) is 6.24. The Morgan fingerprint density at radius 1 is 0.463 bits per heavy atom. The van der Waals surface area contributed by atoms with E-state index in [0.717, 1.165) is 24.2 Å². The lowest BCUT2D eigenvalue weighted by Crippen LogP contribution is -2.13. The first-order valence-electron chi connectivity index (χ1n) is 14.6. The molecule has 0 amide bonds. The van der Waals surface area contributed by atoms with Crippen LogP contribution in [0.5, 0.6) is 0 Å². The lowest BCUT2D eigenvalue weighted by atomic mass is 9.87. The molecule has 0 atom stereocenters. The van der Waals surface area contributed by atoms with Crippen LogP contribution in [0.25, 0.3) is 23.3 Å². The van der Waals surface area contributed by atoms with Gasteiger partial charge in [-0.05, 0) is 105 Å². The van der Waals surface area contributed by atoms with Gasteiger partial charge < -0.3 is 4.90 Å². The van der Waals surface area contributed by atoms with Crippen molar-refractivity contribution >= 4 is 40.4 Å². The number of rotatable bonds is 5. The average molecular weight is 530 g/mol. The molecule has 1 heteroatoms. The minimum absolute atomic E-state index is 0.117. The first-order chi connectivity index (χ1) is 19.9. The van der Waals surface area contributed by atoms with E-state index >= 15 is 0 Å². The van der Waals surface area contributed by atoms with Crippen LogP contribution in [0.4, 0.5) is 17.1 Å². The van der Waals surface area contributed by atoms with Crippen molar-refractivity contribution in [1.82, 2.24) is 0 Å². The summed E-state index contributed by atoms with van der Waals surface area (Å²) in [5.74, 6) is 0. The van der Waals surface area contributed by atoms with Gasteiger partial charge in [0.05, 0.1) is 0 Å². The van der Waals surface area contributed by atoms with Crippen LogP contribution in [-0.4, -0.2) is 0 Å². The zero-order chi connectivity index (χ0) is 28.0. The van der Waals surface area contributed by atoms with Crippen LogP contribution in [0, 0.1) is 0 Å². The highest BCUT2D eigenvalue weighted by atomic mass is 15.1. The molecular weight excluding hydrogens is 494 g/mol. The highest BCUT2D eigenvalue weighted by Gasteiger charge is 2.19. The average Bonchev–Trinajstić information content (AvgIpc) is 3.63. The molecule has 0 heterocycles. The normalized spacial score (nSPS) is 13.8. The number of anilines is 3. The molecule has 41 heavy (non-hydrogen) atoms. The molecular formula is C40H35N. The van der Waals surface area contributed by atoms with Gasteiger partial charge in [-0.15, -0.1) is 0 Å². The summed E-state index contributed by atoms with van der Waals surface area (Å²) >= 11 is 0. The molecule has 2 aliphatic rings. The molecule has 2 aliphatic carbocycles. The molecule has 0 aromatic heterocycles. The number of nitrogens with zero attached hydrogens (tertiary/aromatic N) is 1. The van der Waals surface area contributed by atoms with E-state index in [9.17, 15) is 0 Å². The molecule has 0 saturated heterocycles. The highest BCUT2D eigenvalue weighted by molar-refractivity contribution is 5.90. The highest BCUT2D eigenvalue weighted by Crippen LogP contribution is 2.39. The number of benzene rings is 5. The van der Waals surface area contributed by atoms with Crippen molar-refractivity contribution in [3.05, 3.63) is 160 Å². The Balaban J connectivity index is 1.22. The predicted octanol–water partition coefficient (Wildman–Crippen LogP) is 10.6. The Hall–Kier alpha value is -4.62. The maximum Gasteiger partial charge on any atom is 0.0462 e. The zero-order valence-corrected chi connectivity index (χ0v) is 24.1. The second-order valence-electron chi connectivity index (χ2n) is 12.3. The van der Waals surface area contributed by atoms with Crippen molar-refractivity contribution < 1.29 is 0 Å². The van der Waals surface area contributed by atoms with Crippen molar-refractivity contribution in [2.45, 2.75) is 39.0 Å². The zero-order valence-electron chi connectivity index (χ0n) is 24.1. The van der Waals surface area contributed by atoms with Gasteiger partial charge >= 0.3 is 0 Å². The Bertz CT molecular complexity index is 1670. The quantitative estimate of drug-likeness (QED) is 0.219. The Morgan fingerprint density at radius 3 is 1.24 bits per heavy atom. The summed E-state index contributed by atoms with van der Waals surface area (Å²) in [5, 5.41) is 0. The van der Waals surface area contributed by atoms with E-state index in [2.05, 4.69) is 159 Å². The van der Waals surface area contributed by atoms with E-state index in [4.69, 9.17) is 0 Å². The van der Waals surface area contributed by atoms with E-state index in [-0.39, 0.29) is 5.41 Å². The van der Waals surface area contributed by atoms with Crippen molar-refractivity contribution in [2.24, 2.45) is 0 Å². The van der Waals surface area contributed by atoms with Crippen LogP contribution in [-0.2, 0) is 18.3 Å². The van der Waals surface area contributed by atoms with Crippen molar-refractivity contribution in [3.63, 3.8) is 0 Å². The summed E-state index contributed by atoms with van der Waals surface area (Å²) in [5.41, 5.74) is 15.8. The fourth-order valence-electron chi connectivity index (χ4n) is 6.14. The van der Waals surface area contributed by atoms with E-state index in [1.165, 1.54) is 55.8 Å². The lowest BCUT2D eigenvalue weighted by Gasteiger charge is -2.27. The standard InChI is InChI=1S/C40H35N/c1-40(2,3)36-16-22-39(23-17-36)41(37-18-12-28(13-19-37)34-24-30-8-4-5-9-31(30)25-34)38-20-14-29(15-21-38)35-26-32-10-6-7-11-33(32)27-35/h4-24,26H,25,27H2,1-3H3. The third kappa shape index (κ3) is 4.93. The van der Waals surface area contributed by atoms with Crippen molar-refractivity contribution in [1.29, 1.82) is 0 Å². The van der Waals surface area contributed by atoms with Crippen LogP contribution in [0.3, 0.4) is 0 Å². The number of allylic oxidation sites excluding steroid dienone is 2. The molecule has 1 nitrogen and oxygen atoms in total. The van der Waals surface area contributed by atoms with Gasteiger partial charge in [-0.1, -0.05) is 118 Å². The lowest BCUT2D eigenvalue weighted by molar-refractivity contribution is 0.590. The topological polar surface area (TPSA) is 3.24 Å². The maximum atomic E-state index is 2.37. The fourth-order valence-corrected chi connectivity index (χ4v) is 6.14. The van der Waals surface area contributed by atoms with Crippen molar-refractivity contribution in [3.8, 4) is 0 Å². The number of hydrogen-bond donors (Lipinski definition) is 0.